The van der Waals surface area contributed by atoms with Crippen LogP contribution in [0.5, 0.6) is 0 Å². The fraction of sp³-hybridized carbons (Fsp3) is 0.333. The predicted molar refractivity (Wildman–Crippen MR) is 99.2 cm³/mol. The van der Waals surface area contributed by atoms with E-state index in [-0.39, 0.29) is 34.8 Å². The number of nitrogens with one attached hydrogen (secondary N) is 1. The highest BCUT2D eigenvalue weighted by Gasteiger charge is 2.40. The molecule has 144 valence electrons. The normalized spacial score (nSPS) is 16.9. The zero-order valence-corrected chi connectivity index (χ0v) is 15.3. The fourth-order valence-electron chi connectivity index (χ4n) is 3.85. The highest BCUT2D eigenvalue weighted by Crippen LogP contribution is 2.31. The lowest BCUT2D eigenvalue weighted by Crippen LogP contribution is -2.40. The summed E-state index contributed by atoms with van der Waals surface area (Å²) in [5, 5.41) is 0. The lowest BCUT2D eigenvalue weighted by Gasteiger charge is -2.29. The first-order valence-corrected chi connectivity index (χ1v) is 9.42. The van der Waals surface area contributed by atoms with Crippen LogP contribution in [-0.2, 0) is 4.74 Å². The van der Waals surface area contributed by atoms with Crippen molar-refractivity contribution in [3.8, 4) is 0 Å². The van der Waals surface area contributed by atoms with Crippen LogP contribution in [0.15, 0.2) is 36.5 Å². The zero-order chi connectivity index (χ0) is 19.7. The van der Waals surface area contributed by atoms with Gasteiger partial charge in [-0.15, -0.1) is 0 Å². The molecule has 1 aliphatic heterocycles. The first kappa shape index (κ1) is 18.2. The van der Waals surface area contributed by atoms with Gasteiger partial charge in [-0.1, -0.05) is 19.3 Å². The number of esters is 1. The molecule has 1 aromatic heterocycles. The van der Waals surface area contributed by atoms with E-state index < -0.39 is 12.6 Å². The number of Topliss-reactive ketones (excluding diaryl/α,β-unsaturated/α-hetero) is 1. The van der Waals surface area contributed by atoms with Gasteiger partial charge in [-0.25, -0.2) is 4.79 Å². The van der Waals surface area contributed by atoms with Crippen molar-refractivity contribution in [2.24, 2.45) is 0 Å². The van der Waals surface area contributed by atoms with Crippen molar-refractivity contribution in [2.75, 3.05) is 6.61 Å². The number of aromatic amines is 1. The predicted octanol–water partition coefficient (Wildman–Crippen LogP) is 2.98. The van der Waals surface area contributed by atoms with E-state index in [1.165, 1.54) is 23.1 Å². The minimum absolute atomic E-state index is 0.0741. The summed E-state index contributed by atoms with van der Waals surface area (Å²) >= 11 is 0. The summed E-state index contributed by atoms with van der Waals surface area (Å²) in [6.45, 7) is -0.405. The minimum atomic E-state index is -0.709. The summed E-state index contributed by atoms with van der Waals surface area (Å²) in [5.74, 6) is -1.72. The molecule has 0 spiro atoms. The van der Waals surface area contributed by atoms with Gasteiger partial charge in [-0.3, -0.25) is 19.3 Å². The molecule has 1 N–H and O–H groups in total. The van der Waals surface area contributed by atoms with Gasteiger partial charge in [0.15, 0.2) is 6.61 Å². The van der Waals surface area contributed by atoms with Crippen LogP contribution in [0.3, 0.4) is 0 Å². The molecule has 2 aliphatic rings. The Morgan fingerprint density at radius 2 is 1.79 bits per heavy atom. The Morgan fingerprint density at radius 3 is 2.50 bits per heavy atom. The van der Waals surface area contributed by atoms with Gasteiger partial charge < -0.3 is 9.72 Å². The fourth-order valence-corrected chi connectivity index (χ4v) is 3.85. The number of aromatic nitrogens is 1. The number of ketones is 1. The Kier molecular flexibility index (Phi) is 4.81. The van der Waals surface area contributed by atoms with Crippen LogP contribution in [-0.4, -0.2) is 46.1 Å². The highest BCUT2D eigenvalue weighted by molar-refractivity contribution is 6.22. The van der Waals surface area contributed by atoms with E-state index in [2.05, 4.69) is 4.98 Å². The molecule has 0 atom stereocenters. The van der Waals surface area contributed by atoms with Crippen LogP contribution in [0.25, 0.3) is 0 Å². The quantitative estimate of drug-likeness (QED) is 0.489. The van der Waals surface area contributed by atoms with E-state index in [4.69, 9.17) is 4.74 Å². The third kappa shape index (κ3) is 3.24. The average molecular weight is 380 g/mol. The number of benzene rings is 1. The number of ether oxygens (including phenoxy) is 1. The van der Waals surface area contributed by atoms with Crippen LogP contribution < -0.4 is 0 Å². The van der Waals surface area contributed by atoms with Crippen LogP contribution in [0.2, 0.25) is 0 Å². The van der Waals surface area contributed by atoms with Gasteiger partial charge in [0.1, 0.15) is 0 Å². The highest BCUT2D eigenvalue weighted by atomic mass is 16.5. The second kappa shape index (κ2) is 7.42. The van der Waals surface area contributed by atoms with Gasteiger partial charge in [0.25, 0.3) is 11.8 Å². The second-order valence-corrected chi connectivity index (χ2v) is 7.12. The number of H-pyrrole nitrogens is 1. The molecule has 0 unspecified atom stereocenters. The van der Waals surface area contributed by atoms with Gasteiger partial charge in [-0.05, 0) is 43.2 Å². The third-order valence-corrected chi connectivity index (χ3v) is 5.33. The molecular formula is C21H20N2O5. The van der Waals surface area contributed by atoms with Crippen molar-refractivity contribution in [1.29, 1.82) is 0 Å². The van der Waals surface area contributed by atoms with E-state index in [9.17, 15) is 19.2 Å². The van der Waals surface area contributed by atoms with E-state index >= 15 is 0 Å². The Morgan fingerprint density at radius 1 is 1.04 bits per heavy atom. The summed E-state index contributed by atoms with van der Waals surface area (Å²) in [5.41, 5.74) is 1.03. The minimum Gasteiger partial charge on any atom is -0.454 e. The van der Waals surface area contributed by atoms with Gasteiger partial charge in [0.05, 0.1) is 22.4 Å². The number of imide groups is 1. The summed E-state index contributed by atoms with van der Waals surface area (Å²) in [6.07, 6.45) is 6.38. The second-order valence-electron chi connectivity index (χ2n) is 7.12. The van der Waals surface area contributed by atoms with Crippen molar-refractivity contribution in [2.45, 2.75) is 38.1 Å². The number of amides is 2. The molecule has 28 heavy (non-hydrogen) atoms. The summed E-state index contributed by atoms with van der Waals surface area (Å²) in [7, 11) is 0. The number of carbonyl (C=O) groups excluding carboxylic acids is 4. The molecule has 0 bridgehead atoms. The van der Waals surface area contributed by atoms with Gasteiger partial charge in [0.2, 0.25) is 5.78 Å². The maximum absolute atomic E-state index is 12.8. The van der Waals surface area contributed by atoms with Crippen LogP contribution >= 0.6 is 0 Å². The standard InChI is InChI=1S/C21H20N2O5/c24-18(17-7-4-10-22-17)12-28-21(27)13-8-9-15-16(11-13)20(26)23(19(15)25)14-5-2-1-3-6-14/h4,7-11,14,22H,1-3,5-6,12H2. The molecule has 0 saturated heterocycles. The number of rotatable bonds is 5. The molecular weight excluding hydrogens is 360 g/mol. The SMILES string of the molecule is O=C(OCC(=O)c1ccc[nH]1)c1ccc2c(c1)C(=O)N(C1CCCCC1)C2=O. The lowest BCUT2D eigenvalue weighted by atomic mass is 9.94. The smallest absolute Gasteiger partial charge is 0.338 e. The van der Waals surface area contributed by atoms with Crippen molar-refractivity contribution in [3.05, 3.63) is 58.9 Å². The molecule has 1 aliphatic carbocycles. The Hall–Kier alpha value is -3.22. The molecule has 2 heterocycles. The summed E-state index contributed by atoms with van der Waals surface area (Å²) < 4.78 is 5.06. The average Bonchev–Trinajstić information content (AvgIpc) is 3.34. The summed E-state index contributed by atoms with van der Waals surface area (Å²) in [4.78, 5) is 53.8. The van der Waals surface area contributed by atoms with Crippen LogP contribution in [0.1, 0.15) is 73.7 Å². The molecule has 1 fully saturated rings. The molecule has 2 amide bonds. The molecule has 7 nitrogen and oxygen atoms in total. The molecule has 1 aromatic carbocycles. The Balaban J connectivity index is 1.48. The molecule has 2 aromatic rings. The van der Waals surface area contributed by atoms with E-state index in [1.807, 2.05) is 0 Å². The maximum atomic E-state index is 12.8. The molecule has 4 rings (SSSR count). The topological polar surface area (TPSA) is 96.5 Å². The van der Waals surface area contributed by atoms with Crippen molar-refractivity contribution < 1.29 is 23.9 Å². The number of hydrogen-bond donors (Lipinski definition) is 1. The maximum Gasteiger partial charge on any atom is 0.338 e. The van der Waals surface area contributed by atoms with Gasteiger partial charge in [0, 0.05) is 12.2 Å². The molecule has 7 heteroatoms. The lowest BCUT2D eigenvalue weighted by molar-refractivity contribution is 0.0473. The van der Waals surface area contributed by atoms with Crippen molar-refractivity contribution in [1.82, 2.24) is 9.88 Å². The summed E-state index contributed by atoms with van der Waals surface area (Å²) in [6, 6.07) is 7.53. The Bertz CT molecular complexity index is 942. The number of hydrogen-bond acceptors (Lipinski definition) is 5. The molecule has 1 saturated carbocycles. The van der Waals surface area contributed by atoms with Crippen LogP contribution in [0, 0.1) is 0 Å². The van der Waals surface area contributed by atoms with Crippen molar-refractivity contribution in [3.63, 3.8) is 0 Å². The third-order valence-electron chi connectivity index (χ3n) is 5.33. The van der Waals surface area contributed by atoms with Crippen LogP contribution in [0.4, 0.5) is 0 Å². The van der Waals surface area contributed by atoms with Gasteiger partial charge in [-0.2, -0.15) is 0 Å². The first-order chi connectivity index (χ1) is 13.6. The largest absolute Gasteiger partial charge is 0.454 e. The Labute approximate surface area is 161 Å². The van der Waals surface area contributed by atoms with E-state index in [0.29, 0.717) is 11.3 Å². The zero-order valence-electron chi connectivity index (χ0n) is 15.3. The number of nitrogens with zero attached hydrogens (tertiary/aromatic N) is 1. The first-order valence-electron chi connectivity index (χ1n) is 9.42. The van der Waals surface area contributed by atoms with Crippen molar-refractivity contribution >= 4 is 23.6 Å². The number of carbonyl (C=O) groups is 4. The molecule has 0 radical (unpaired) electrons. The monoisotopic (exact) mass is 380 g/mol. The van der Waals surface area contributed by atoms with Gasteiger partial charge >= 0.3 is 5.97 Å². The van der Waals surface area contributed by atoms with E-state index in [0.717, 1.165) is 32.1 Å². The van der Waals surface area contributed by atoms with E-state index in [1.54, 1.807) is 18.3 Å². The number of fused-ring (bicyclic) bond motifs is 1.